The van der Waals surface area contributed by atoms with Crippen LogP contribution in [-0.2, 0) is 14.4 Å². The minimum Gasteiger partial charge on any atom is -0.484 e. The van der Waals surface area contributed by atoms with Crippen molar-refractivity contribution in [1.82, 2.24) is 10.2 Å². The summed E-state index contributed by atoms with van der Waals surface area (Å²) in [7, 11) is 0. The van der Waals surface area contributed by atoms with Gasteiger partial charge in [0.2, 0.25) is 5.91 Å². The molecule has 3 aromatic rings. The molecule has 1 fully saturated rings. The predicted octanol–water partition coefficient (Wildman–Crippen LogP) is 3.68. The molecular weight excluding hydrogens is 479 g/mol. The molecule has 9 nitrogen and oxygen atoms in total. The van der Waals surface area contributed by atoms with Crippen molar-refractivity contribution in [1.29, 1.82) is 0 Å². The van der Waals surface area contributed by atoms with Gasteiger partial charge in [-0.2, -0.15) is 0 Å². The Morgan fingerprint density at radius 1 is 0.946 bits per heavy atom. The predicted molar refractivity (Wildman–Crippen MR) is 135 cm³/mol. The Kier molecular flexibility index (Phi) is 7.58. The molecule has 0 aliphatic carbocycles. The average Bonchev–Trinajstić information content (AvgIpc) is 3.12. The summed E-state index contributed by atoms with van der Waals surface area (Å²) >= 11 is 0. The number of nitrogens with zero attached hydrogens (tertiary/aromatic N) is 1. The highest BCUT2D eigenvalue weighted by Gasteiger charge is 2.34. The van der Waals surface area contributed by atoms with Gasteiger partial charge >= 0.3 is 6.03 Å². The Labute approximate surface area is 211 Å². The van der Waals surface area contributed by atoms with Crippen molar-refractivity contribution < 1.29 is 28.3 Å². The van der Waals surface area contributed by atoms with Gasteiger partial charge in [0.05, 0.1) is 0 Å². The zero-order valence-corrected chi connectivity index (χ0v) is 19.8. The zero-order chi connectivity index (χ0) is 26.4. The number of halogens is 1. The van der Waals surface area contributed by atoms with Crippen LogP contribution < -0.4 is 20.7 Å². The smallest absolute Gasteiger partial charge is 0.329 e. The molecule has 1 aliphatic rings. The normalized spacial score (nSPS) is 13.9. The lowest BCUT2D eigenvalue weighted by Gasteiger charge is -2.12. The monoisotopic (exact) mass is 502 g/mol. The summed E-state index contributed by atoms with van der Waals surface area (Å²) in [5, 5.41) is 7.73. The van der Waals surface area contributed by atoms with Gasteiger partial charge in [-0.3, -0.25) is 14.4 Å². The standard InChI is InChI=1S/C27H23FN4O5/c1-17-3-2-4-21(13-17)30-24(33)15-32-26(35)23(31-27(32)36)14-18-5-11-22(12-6-18)37-16-25(34)29-20-9-7-19(28)8-10-20/h2-14H,15-16H2,1H3,(H,29,34)(H,30,33)(H,31,36). The molecule has 0 bridgehead atoms. The molecule has 1 saturated heterocycles. The summed E-state index contributed by atoms with van der Waals surface area (Å²) in [4.78, 5) is 50.1. The summed E-state index contributed by atoms with van der Waals surface area (Å²) in [6, 6.07) is 18.3. The molecule has 3 N–H and O–H groups in total. The van der Waals surface area contributed by atoms with E-state index in [-0.39, 0.29) is 12.3 Å². The fourth-order valence-electron chi connectivity index (χ4n) is 3.49. The number of urea groups is 1. The molecule has 4 rings (SSSR count). The van der Waals surface area contributed by atoms with Gasteiger partial charge in [0.15, 0.2) is 6.61 Å². The first-order chi connectivity index (χ1) is 17.8. The summed E-state index contributed by atoms with van der Waals surface area (Å²) < 4.78 is 18.4. The molecule has 0 radical (unpaired) electrons. The number of carbonyl (C=O) groups is 4. The van der Waals surface area contributed by atoms with Crippen molar-refractivity contribution in [2.75, 3.05) is 23.8 Å². The van der Waals surface area contributed by atoms with E-state index in [9.17, 15) is 23.6 Å². The van der Waals surface area contributed by atoms with Crippen LogP contribution in [0.4, 0.5) is 20.6 Å². The Morgan fingerprint density at radius 3 is 2.35 bits per heavy atom. The first-order valence-electron chi connectivity index (χ1n) is 11.3. The summed E-state index contributed by atoms with van der Waals surface area (Å²) in [5.74, 6) is -1.53. The number of rotatable bonds is 8. The second-order valence-corrected chi connectivity index (χ2v) is 8.21. The number of nitrogens with one attached hydrogen (secondary N) is 3. The number of hydrogen-bond acceptors (Lipinski definition) is 5. The van der Waals surface area contributed by atoms with Crippen molar-refractivity contribution in [2.45, 2.75) is 6.92 Å². The van der Waals surface area contributed by atoms with Gasteiger partial charge < -0.3 is 20.7 Å². The fourth-order valence-corrected chi connectivity index (χ4v) is 3.49. The minimum absolute atomic E-state index is 0.0284. The number of imide groups is 1. The number of aryl methyl sites for hydroxylation is 1. The van der Waals surface area contributed by atoms with Gasteiger partial charge in [-0.1, -0.05) is 24.3 Å². The average molecular weight is 503 g/mol. The van der Waals surface area contributed by atoms with E-state index in [1.165, 1.54) is 30.3 Å². The van der Waals surface area contributed by atoms with Crippen molar-refractivity contribution in [3.05, 3.63) is 95.4 Å². The molecule has 0 atom stereocenters. The van der Waals surface area contributed by atoms with Crippen LogP contribution in [0.15, 0.2) is 78.5 Å². The van der Waals surface area contributed by atoms with Crippen LogP contribution in [-0.4, -0.2) is 41.8 Å². The highest BCUT2D eigenvalue weighted by Crippen LogP contribution is 2.18. The van der Waals surface area contributed by atoms with Crippen molar-refractivity contribution in [2.24, 2.45) is 0 Å². The number of amides is 5. The van der Waals surface area contributed by atoms with Crippen LogP contribution in [0, 0.1) is 12.7 Å². The Morgan fingerprint density at radius 2 is 1.65 bits per heavy atom. The molecule has 0 saturated carbocycles. The first-order valence-corrected chi connectivity index (χ1v) is 11.3. The number of benzene rings is 3. The lowest BCUT2D eigenvalue weighted by atomic mass is 10.2. The fraction of sp³-hybridized carbons (Fsp3) is 0.111. The summed E-state index contributed by atoms with van der Waals surface area (Å²) in [5.41, 5.74) is 2.60. The van der Waals surface area contributed by atoms with Gasteiger partial charge in [-0.15, -0.1) is 0 Å². The third kappa shape index (κ3) is 6.79. The van der Waals surface area contributed by atoms with E-state index < -0.39 is 36.1 Å². The van der Waals surface area contributed by atoms with E-state index in [4.69, 9.17) is 4.74 Å². The van der Waals surface area contributed by atoms with Crippen LogP contribution in [0.5, 0.6) is 5.75 Å². The lowest BCUT2D eigenvalue weighted by Crippen LogP contribution is -2.38. The van der Waals surface area contributed by atoms with E-state index in [2.05, 4.69) is 16.0 Å². The number of anilines is 2. The summed E-state index contributed by atoms with van der Waals surface area (Å²) in [6.45, 7) is 1.20. The van der Waals surface area contributed by atoms with E-state index in [0.29, 0.717) is 22.7 Å². The van der Waals surface area contributed by atoms with E-state index in [1.807, 2.05) is 13.0 Å². The molecular formula is C27H23FN4O5. The maximum Gasteiger partial charge on any atom is 0.329 e. The van der Waals surface area contributed by atoms with Crippen LogP contribution in [0.1, 0.15) is 11.1 Å². The third-order valence-electron chi connectivity index (χ3n) is 5.25. The number of carbonyl (C=O) groups excluding carboxylic acids is 4. The third-order valence-corrected chi connectivity index (χ3v) is 5.25. The van der Waals surface area contributed by atoms with Crippen molar-refractivity contribution in [3.63, 3.8) is 0 Å². The molecule has 0 aromatic heterocycles. The molecule has 10 heteroatoms. The quantitative estimate of drug-likeness (QED) is 0.321. The Balaban J connectivity index is 1.30. The molecule has 0 spiro atoms. The molecule has 188 valence electrons. The lowest BCUT2D eigenvalue weighted by molar-refractivity contribution is -0.127. The largest absolute Gasteiger partial charge is 0.484 e. The highest BCUT2D eigenvalue weighted by atomic mass is 19.1. The van der Waals surface area contributed by atoms with E-state index in [1.54, 1.807) is 42.5 Å². The first kappa shape index (κ1) is 25.1. The number of ether oxygens (including phenoxy) is 1. The zero-order valence-electron chi connectivity index (χ0n) is 19.8. The maximum absolute atomic E-state index is 12.9. The SMILES string of the molecule is Cc1cccc(NC(=O)CN2C(=O)NC(=Cc3ccc(OCC(=O)Nc4ccc(F)cc4)cc3)C2=O)c1. The van der Waals surface area contributed by atoms with Crippen LogP contribution in [0.3, 0.4) is 0 Å². The number of hydrogen-bond donors (Lipinski definition) is 3. The van der Waals surface area contributed by atoms with Crippen molar-refractivity contribution in [3.8, 4) is 5.75 Å². The van der Waals surface area contributed by atoms with Gasteiger partial charge in [0.1, 0.15) is 23.8 Å². The molecule has 1 aliphatic heterocycles. The van der Waals surface area contributed by atoms with Crippen LogP contribution in [0.2, 0.25) is 0 Å². The van der Waals surface area contributed by atoms with E-state index in [0.717, 1.165) is 10.5 Å². The van der Waals surface area contributed by atoms with Gasteiger partial charge in [-0.05, 0) is 72.7 Å². The topological polar surface area (TPSA) is 117 Å². The second-order valence-electron chi connectivity index (χ2n) is 8.21. The van der Waals surface area contributed by atoms with Crippen molar-refractivity contribution >= 4 is 41.2 Å². The summed E-state index contributed by atoms with van der Waals surface area (Å²) in [6.07, 6.45) is 1.48. The van der Waals surface area contributed by atoms with Crippen LogP contribution >= 0.6 is 0 Å². The molecule has 1 heterocycles. The maximum atomic E-state index is 12.9. The second kappa shape index (κ2) is 11.2. The highest BCUT2D eigenvalue weighted by molar-refractivity contribution is 6.15. The molecule has 0 unspecified atom stereocenters. The van der Waals surface area contributed by atoms with Gasteiger partial charge in [0, 0.05) is 11.4 Å². The van der Waals surface area contributed by atoms with Gasteiger partial charge in [-0.25, -0.2) is 14.1 Å². The Hall–Kier alpha value is -4.99. The Bertz CT molecular complexity index is 1370. The minimum atomic E-state index is -0.692. The molecule has 37 heavy (non-hydrogen) atoms. The molecule has 5 amide bonds. The van der Waals surface area contributed by atoms with Crippen LogP contribution in [0.25, 0.3) is 6.08 Å². The molecule has 3 aromatic carbocycles. The van der Waals surface area contributed by atoms with E-state index >= 15 is 0 Å². The van der Waals surface area contributed by atoms with Gasteiger partial charge in [0.25, 0.3) is 11.8 Å².